The number of rotatable bonds is 5. The van der Waals surface area contributed by atoms with Crippen molar-refractivity contribution in [1.82, 2.24) is 9.88 Å². The molecule has 134 valence electrons. The lowest BCUT2D eigenvalue weighted by Crippen LogP contribution is -2.38. The maximum Gasteiger partial charge on any atom is 0.251 e. The molecule has 1 aliphatic rings. The molecule has 1 amide bonds. The van der Waals surface area contributed by atoms with Crippen molar-refractivity contribution in [3.8, 4) is 10.6 Å². The van der Waals surface area contributed by atoms with Crippen LogP contribution in [-0.4, -0.2) is 41.6 Å². The third-order valence-corrected chi connectivity index (χ3v) is 6.18. The quantitative estimate of drug-likeness (QED) is 0.890. The fourth-order valence-corrected chi connectivity index (χ4v) is 4.32. The summed E-state index contributed by atoms with van der Waals surface area (Å²) in [6, 6.07) is 10.1. The van der Waals surface area contributed by atoms with Gasteiger partial charge in [-0.2, -0.15) is 0 Å². The number of benzene rings is 1. The second-order valence-corrected chi connectivity index (χ2v) is 7.55. The molecule has 5 nitrogen and oxygen atoms in total. The zero-order valence-electron chi connectivity index (χ0n) is 14.9. The number of nitrogens with zero attached hydrogens (tertiary/aromatic N) is 2. The van der Waals surface area contributed by atoms with Crippen LogP contribution in [0.2, 0.25) is 0 Å². The van der Waals surface area contributed by atoms with Gasteiger partial charge in [-0.05, 0) is 26.7 Å². The molecule has 0 spiro atoms. The average Bonchev–Trinajstić information content (AvgIpc) is 3.27. The summed E-state index contributed by atoms with van der Waals surface area (Å²) in [5.41, 5.74) is 7.72. The molecule has 3 atom stereocenters. The lowest BCUT2D eigenvalue weighted by molar-refractivity contribution is -0.143. The van der Waals surface area contributed by atoms with E-state index in [4.69, 9.17) is 15.5 Å². The third kappa shape index (κ3) is 3.76. The summed E-state index contributed by atoms with van der Waals surface area (Å²) < 4.78 is 5.76. The number of likely N-dealkylation sites (N-methyl/N-ethyl adjacent to an activating group) is 1. The highest BCUT2D eigenvalue weighted by molar-refractivity contribution is 7.15. The number of ether oxygens (including phenoxy) is 1. The molecule has 1 aliphatic heterocycles. The van der Waals surface area contributed by atoms with E-state index in [1.165, 1.54) is 0 Å². The van der Waals surface area contributed by atoms with Gasteiger partial charge in [0, 0.05) is 19.2 Å². The zero-order chi connectivity index (χ0) is 18.0. The monoisotopic (exact) mass is 359 g/mol. The Hall–Kier alpha value is -1.76. The number of amides is 1. The Morgan fingerprint density at radius 3 is 2.76 bits per heavy atom. The van der Waals surface area contributed by atoms with Crippen LogP contribution in [0.5, 0.6) is 0 Å². The van der Waals surface area contributed by atoms with Gasteiger partial charge in [-0.1, -0.05) is 30.3 Å². The van der Waals surface area contributed by atoms with Crippen molar-refractivity contribution in [3.05, 3.63) is 40.9 Å². The Labute approximate surface area is 152 Å². The first-order chi connectivity index (χ1) is 12.0. The number of hydrogen-bond donors (Lipinski definition) is 1. The van der Waals surface area contributed by atoms with Crippen LogP contribution in [-0.2, 0) is 9.53 Å². The maximum atomic E-state index is 12.8. The van der Waals surface area contributed by atoms with Crippen LogP contribution in [0.15, 0.2) is 30.3 Å². The van der Waals surface area contributed by atoms with E-state index in [1.807, 2.05) is 39.1 Å². The van der Waals surface area contributed by atoms with Gasteiger partial charge >= 0.3 is 0 Å². The number of carbonyl (C=O) groups excluding carboxylic acids is 1. The summed E-state index contributed by atoms with van der Waals surface area (Å²) in [6.45, 7) is 4.52. The van der Waals surface area contributed by atoms with E-state index in [1.54, 1.807) is 16.2 Å². The van der Waals surface area contributed by atoms with Gasteiger partial charge in [-0.3, -0.25) is 4.79 Å². The molecule has 6 heteroatoms. The SMILES string of the molecule is Cc1nc(-c2ccccc2)sc1C(C)N(C)C(=O)[C@@H]1CC[C@H](CN)O1. The number of aryl methyl sites for hydroxylation is 1. The van der Waals surface area contributed by atoms with Gasteiger partial charge in [0.2, 0.25) is 0 Å². The van der Waals surface area contributed by atoms with Gasteiger partial charge in [-0.25, -0.2) is 4.98 Å². The number of nitrogens with two attached hydrogens (primary N) is 1. The van der Waals surface area contributed by atoms with Crippen molar-refractivity contribution >= 4 is 17.2 Å². The molecule has 2 heterocycles. The summed E-state index contributed by atoms with van der Waals surface area (Å²) in [6.07, 6.45) is 1.23. The Morgan fingerprint density at radius 2 is 2.12 bits per heavy atom. The number of hydrogen-bond acceptors (Lipinski definition) is 5. The van der Waals surface area contributed by atoms with Gasteiger partial charge < -0.3 is 15.4 Å². The molecule has 0 bridgehead atoms. The van der Waals surface area contributed by atoms with Crippen molar-refractivity contribution in [2.24, 2.45) is 5.73 Å². The Morgan fingerprint density at radius 1 is 1.40 bits per heavy atom. The Kier molecular flexibility index (Phi) is 5.51. The number of thiazole rings is 1. The molecule has 0 saturated carbocycles. The van der Waals surface area contributed by atoms with Gasteiger partial charge in [0.15, 0.2) is 0 Å². The molecule has 1 unspecified atom stereocenters. The molecule has 1 fully saturated rings. The molecule has 0 radical (unpaired) electrons. The van der Waals surface area contributed by atoms with E-state index in [0.717, 1.165) is 34.0 Å². The minimum Gasteiger partial charge on any atom is -0.364 e. The maximum absolute atomic E-state index is 12.8. The van der Waals surface area contributed by atoms with Gasteiger partial charge in [0.25, 0.3) is 5.91 Å². The van der Waals surface area contributed by atoms with E-state index < -0.39 is 0 Å². The van der Waals surface area contributed by atoms with Crippen molar-refractivity contribution in [1.29, 1.82) is 0 Å². The fourth-order valence-electron chi connectivity index (χ4n) is 3.15. The minimum absolute atomic E-state index is 0.00693. The van der Waals surface area contributed by atoms with E-state index in [0.29, 0.717) is 6.54 Å². The summed E-state index contributed by atoms with van der Waals surface area (Å²) in [7, 11) is 1.84. The van der Waals surface area contributed by atoms with Crippen molar-refractivity contribution in [2.75, 3.05) is 13.6 Å². The lowest BCUT2D eigenvalue weighted by atomic mass is 10.1. The second kappa shape index (κ2) is 7.64. The molecule has 25 heavy (non-hydrogen) atoms. The van der Waals surface area contributed by atoms with Crippen LogP contribution in [0.25, 0.3) is 10.6 Å². The molecular weight excluding hydrogens is 334 g/mol. The van der Waals surface area contributed by atoms with E-state index in [-0.39, 0.29) is 24.2 Å². The van der Waals surface area contributed by atoms with Crippen LogP contribution in [0.1, 0.15) is 36.4 Å². The molecule has 3 rings (SSSR count). The topological polar surface area (TPSA) is 68.5 Å². The predicted octanol–water partition coefficient (Wildman–Crippen LogP) is 3.14. The number of carbonyl (C=O) groups is 1. The average molecular weight is 359 g/mol. The van der Waals surface area contributed by atoms with Crippen LogP contribution in [0.4, 0.5) is 0 Å². The molecule has 1 aromatic heterocycles. The van der Waals surface area contributed by atoms with Gasteiger partial charge in [-0.15, -0.1) is 11.3 Å². The smallest absolute Gasteiger partial charge is 0.251 e. The van der Waals surface area contributed by atoms with E-state index in [2.05, 4.69) is 12.1 Å². The van der Waals surface area contributed by atoms with Crippen LogP contribution in [0.3, 0.4) is 0 Å². The second-order valence-electron chi connectivity index (χ2n) is 6.52. The van der Waals surface area contributed by atoms with Crippen LogP contribution >= 0.6 is 11.3 Å². The first-order valence-electron chi connectivity index (χ1n) is 8.66. The normalized spacial score (nSPS) is 21.3. The van der Waals surface area contributed by atoms with Crippen LogP contribution < -0.4 is 5.73 Å². The summed E-state index contributed by atoms with van der Waals surface area (Å²) >= 11 is 1.65. The van der Waals surface area contributed by atoms with Gasteiger partial charge in [0.1, 0.15) is 11.1 Å². The molecule has 0 aliphatic carbocycles. The molecule has 1 saturated heterocycles. The highest BCUT2D eigenvalue weighted by atomic mass is 32.1. The largest absolute Gasteiger partial charge is 0.364 e. The lowest BCUT2D eigenvalue weighted by Gasteiger charge is -2.27. The summed E-state index contributed by atoms with van der Waals surface area (Å²) in [5.74, 6) is 0.0255. The molecular formula is C19H25N3O2S. The Bertz CT molecular complexity index is 732. The minimum atomic E-state index is -0.372. The first kappa shape index (κ1) is 18.0. The molecule has 1 aromatic carbocycles. The first-order valence-corrected chi connectivity index (χ1v) is 9.47. The zero-order valence-corrected chi connectivity index (χ0v) is 15.8. The summed E-state index contributed by atoms with van der Waals surface area (Å²) in [4.78, 5) is 20.3. The fraction of sp³-hybridized carbons (Fsp3) is 0.474. The highest BCUT2D eigenvalue weighted by Gasteiger charge is 2.34. The van der Waals surface area contributed by atoms with E-state index >= 15 is 0 Å². The number of aromatic nitrogens is 1. The standard InChI is InChI=1S/C19H25N3O2S/c1-12-17(25-18(21-12)14-7-5-4-6-8-14)13(2)22(3)19(23)16-10-9-15(11-20)24-16/h4-8,13,15-16H,9-11,20H2,1-3H3/t13?,15-,16+/m1/s1. The van der Waals surface area contributed by atoms with Crippen molar-refractivity contribution in [2.45, 2.75) is 44.9 Å². The highest BCUT2D eigenvalue weighted by Crippen LogP contribution is 2.34. The van der Waals surface area contributed by atoms with Gasteiger partial charge in [0.05, 0.1) is 22.7 Å². The predicted molar refractivity (Wildman–Crippen MR) is 100 cm³/mol. The van der Waals surface area contributed by atoms with Crippen molar-refractivity contribution in [3.63, 3.8) is 0 Å². The van der Waals surface area contributed by atoms with Crippen molar-refractivity contribution < 1.29 is 9.53 Å². The summed E-state index contributed by atoms with van der Waals surface area (Å²) in [5, 5.41) is 0.987. The van der Waals surface area contributed by atoms with Crippen LogP contribution in [0, 0.1) is 6.92 Å². The molecule has 2 aromatic rings. The Balaban J connectivity index is 1.75. The van der Waals surface area contributed by atoms with E-state index in [9.17, 15) is 4.79 Å². The molecule has 2 N–H and O–H groups in total. The third-order valence-electron chi connectivity index (χ3n) is 4.81.